The maximum atomic E-state index is 9.80. The van der Waals surface area contributed by atoms with Gasteiger partial charge < -0.3 is 9.84 Å². The van der Waals surface area contributed by atoms with Gasteiger partial charge in [-0.05, 0) is 25.2 Å². The largest absolute Gasteiger partial charge is 0.387 e. The van der Waals surface area contributed by atoms with Gasteiger partial charge in [0, 0.05) is 13.2 Å². The van der Waals surface area contributed by atoms with Gasteiger partial charge in [0.2, 0.25) is 0 Å². The summed E-state index contributed by atoms with van der Waals surface area (Å²) in [7, 11) is 0. The van der Waals surface area contributed by atoms with E-state index in [-0.39, 0.29) is 0 Å². The molecule has 1 atom stereocenters. The van der Waals surface area contributed by atoms with Crippen LogP contribution in [0.1, 0.15) is 31.1 Å². The lowest BCUT2D eigenvalue weighted by Gasteiger charge is -2.23. The first-order chi connectivity index (χ1) is 6.86. The summed E-state index contributed by atoms with van der Waals surface area (Å²) >= 11 is 0. The van der Waals surface area contributed by atoms with E-state index in [2.05, 4.69) is 15.4 Å². The number of H-pyrrole nitrogens is 1. The maximum absolute atomic E-state index is 9.80. The molecule has 2 rings (SSSR count). The highest BCUT2D eigenvalue weighted by molar-refractivity contribution is 4.96. The quantitative estimate of drug-likeness (QED) is 0.746. The molecule has 0 amide bonds. The van der Waals surface area contributed by atoms with Gasteiger partial charge in [-0.2, -0.15) is 15.4 Å². The zero-order chi connectivity index (χ0) is 9.80. The molecule has 0 saturated carbocycles. The molecule has 0 radical (unpaired) electrons. The number of nitrogens with one attached hydrogen (secondary N) is 1. The van der Waals surface area contributed by atoms with Gasteiger partial charge in [-0.15, -0.1) is 0 Å². The molecule has 14 heavy (non-hydrogen) atoms. The number of rotatable bonds is 3. The highest BCUT2D eigenvalue weighted by Crippen LogP contribution is 2.25. The van der Waals surface area contributed by atoms with Crippen molar-refractivity contribution in [2.45, 2.75) is 25.4 Å². The smallest absolute Gasteiger partial charge is 0.111 e. The first kappa shape index (κ1) is 9.61. The molecule has 1 aromatic heterocycles. The number of hydrogen-bond acceptors (Lipinski definition) is 4. The molecule has 0 spiro atoms. The zero-order valence-electron chi connectivity index (χ0n) is 8.02. The molecule has 0 bridgehead atoms. The fourth-order valence-electron chi connectivity index (χ4n) is 1.79. The van der Waals surface area contributed by atoms with Gasteiger partial charge >= 0.3 is 0 Å². The highest BCUT2D eigenvalue weighted by Gasteiger charge is 2.20. The average molecular weight is 197 g/mol. The minimum Gasteiger partial charge on any atom is -0.387 e. The van der Waals surface area contributed by atoms with E-state index < -0.39 is 6.10 Å². The van der Waals surface area contributed by atoms with Crippen LogP contribution in [-0.4, -0.2) is 33.7 Å². The van der Waals surface area contributed by atoms with E-state index in [1.54, 1.807) is 6.20 Å². The van der Waals surface area contributed by atoms with Gasteiger partial charge in [-0.1, -0.05) is 0 Å². The van der Waals surface area contributed by atoms with Crippen molar-refractivity contribution >= 4 is 0 Å². The molecule has 1 aliphatic rings. The molecule has 1 aromatic rings. The minimum absolute atomic E-state index is 0.489. The van der Waals surface area contributed by atoms with Crippen LogP contribution in [0.3, 0.4) is 0 Å². The van der Waals surface area contributed by atoms with Crippen molar-refractivity contribution < 1.29 is 9.84 Å². The molecule has 2 N–H and O–H groups in total. The topological polar surface area (TPSA) is 71.0 Å². The third-order valence-corrected chi connectivity index (χ3v) is 2.67. The number of aliphatic hydroxyl groups is 1. The van der Waals surface area contributed by atoms with Crippen molar-refractivity contribution in [2.75, 3.05) is 13.2 Å². The number of aromatic amines is 1. The summed E-state index contributed by atoms with van der Waals surface area (Å²) in [6.07, 6.45) is 3.92. The lowest BCUT2D eigenvalue weighted by molar-refractivity contribution is 0.0427. The molecule has 1 aliphatic heterocycles. The SMILES string of the molecule is OC(CC1CCOCC1)c1cn[nH]n1. The van der Waals surface area contributed by atoms with E-state index >= 15 is 0 Å². The Morgan fingerprint density at radius 1 is 1.57 bits per heavy atom. The molecule has 2 heterocycles. The Morgan fingerprint density at radius 3 is 3.00 bits per heavy atom. The van der Waals surface area contributed by atoms with Crippen LogP contribution in [0.15, 0.2) is 6.20 Å². The van der Waals surface area contributed by atoms with Gasteiger partial charge in [0.25, 0.3) is 0 Å². The van der Waals surface area contributed by atoms with Crippen molar-refractivity contribution in [3.63, 3.8) is 0 Å². The van der Waals surface area contributed by atoms with Crippen LogP contribution in [0.5, 0.6) is 0 Å². The monoisotopic (exact) mass is 197 g/mol. The lowest BCUT2D eigenvalue weighted by Crippen LogP contribution is -2.18. The fourth-order valence-corrected chi connectivity index (χ4v) is 1.79. The van der Waals surface area contributed by atoms with Crippen molar-refractivity contribution in [2.24, 2.45) is 5.92 Å². The lowest BCUT2D eigenvalue weighted by atomic mass is 9.93. The molecule has 0 aliphatic carbocycles. The van der Waals surface area contributed by atoms with E-state index in [9.17, 15) is 5.11 Å². The Kier molecular flexibility index (Phi) is 3.10. The van der Waals surface area contributed by atoms with Crippen LogP contribution >= 0.6 is 0 Å². The molecular formula is C9H15N3O2. The summed E-state index contributed by atoms with van der Waals surface area (Å²) < 4.78 is 5.26. The van der Waals surface area contributed by atoms with E-state index in [4.69, 9.17) is 4.74 Å². The van der Waals surface area contributed by atoms with Crippen LogP contribution in [0.2, 0.25) is 0 Å². The number of aliphatic hydroxyl groups excluding tert-OH is 1. The predicted octanol–water partition coefficient (Wildman–Crippen LogP) is 0.655. The summed E-state index contributed by atoms with van der Waals surface area (Å²) in [6.45, 7) is 1.63. The standard InChI is InChI=1S/C9H15N3O2/c13-9(8-6-10-12-11-8)5-7-1-3-14-4-2-7/h6-7,9,13H,1-5H2,(H,10,11,12). The van der Waals surface area contributed by atoms with E-state index in [1.165, 1.54) is 0 Å². The second-order valence-electron chi connectivity index (χ2n) is 3.70. The first-order valence-electron chi connectivity index (χ1n) is 4.97. The zero-order valence-corrected chi connectivity index (χ0v) is 8.02. The molecule has 5 heteroatoms. The van der Waals surface area contributed by atoms with Crippen LogP contribution in [0.25, 0.3) is 0 Å². The number of hydrogen-bond donors (Lipinski definition) is 2. The highest BCUT2D eigenvalue weighted by atomic mass is 16.5. The minimum atomic E-state index is -0.489. The van der Waals surface area contributed by atoms with Gasteiger partial charge in [-0.25, -0.2) is 0 Å². The van der Waals surface area contributed by atoms with Crippen molar-refractivity contribution in [3.8, 4) is 0 Å². The molecule has 78 valence electrons. The number of ether oxygens (including phenoxy) is 1. The Morgan fingerprint density at radius 2 is 2.36 bits per heavy atom. The van der Waals surface area contributed by atoms with Crippen molar-refractivity contribution in [1.29, 1.82) is 0 Å². The Bertz CT molecular complexity index is 257. The van der Waals surface area contributed by atoms with Gasteiger partial charge in [0.05, 0.1) is 12.3 Å². The number of nitrogens with zero attached hydrogens (tertiary/aromatic N) is 2. The fraction of sp³-hybridized carbons (Fsp3) is 0.778. The molecule has 5 nitrogen and oxygen atoms in total. The first-order valence-corrected chi connectivity index (χ1v) is 4.97. The Hall–Kier alpha value is -0.940. The summed E-state index contributed by atoms with van der Waals surface area (Å²) in [6, 6.07) is 0. The third-order valence-electron chi connectivity index (χ3n) is 2.67. The molecule has 1 unspecified atom stereocenters. The van der Waals surface area contributed by atoms with Crippen LogP contribution in [0.4, 0.5) is 0 Å². The summed E-state index contributed by atoms with van der Waals surface area (Å²) in [5.41, 5.74) is 0.636. The average Bonchev–Trinajstić information content (AvgIpc) is 2.72. The summed E-state index contributed by atoms with van der Waals surface area (Å²) in [4.78, 5) is 0. The molecule has 0 aromatic carbocycles. The normalized spacial score (nSPS) is 20.9. The van der Waals surface area contributed by atoms with Gasteiger partial charge in [-0.3, -0.25) is 0 Å². The summed E-state index contributed by atoms with van der Waals surface area (Å²) in [5, 5.41) is 19.8. The van der Waals surface area contributed by atoms with E-state index in [0.29, 0.717) is 11.6 Å². The van der Waals surface area contributed by atoms with Gasteiger partial charge in [0.1, 0.15) is 5.69 Å². The van der Waals surface area contributed by atoms with Crippen LogP contribution < -0.4 is 0 Å². The van der Waals surface area contributed by atoms with Gasteiger partial charge in [0.15, 0.2) is 0 Å². The van der Waals surface area contributed by atoms with Crippen LogP contribution in [0, 0.1) is 5.92 Å². The Balaban J connectivity index is 1.84. The third kappa shape index (κ3) is 2.30. The van der Waals surface area contributed by atoms with Crippen molar-refractivity contribution in [1.82, 2.24) is 15.4 Å². The summed E-state index contributed by atoms with van der Waals surface area (Å²) in [5.74, 6) is 0.551. The molecule has 1 fully saturated rings. The second-order valence-corrected chi connectivity index (χ2v) is 3.70. The predicted molar refractivity (Wildman–Crippen MR) is 49.5 cm³/mol. The van der Waals surface area contributed by atoms with E-state index in [0.717, 1.165) is 32.5 Å². The second kappa shape index (κ2) is 4.52. The molecular weight excluding hydrogens is 182 g/mol. The maximum Gasteiger partial charge on any atom is 0.111 e. The van der Waals surface area contributed by atoms with E-state index in [1.807, 2.05) is 0 Å². The number of aromatic nitrogens is 3. The Labute approximate surface area is 82.5 Å². The molecule has 1 saturated heterocycles. The van der Waals surface area contributed by atoms with Crippen molar-refractivity contribution in [3.05, 3.63) is 11.9 Å². The van der Waals surface area contributed by atoms with Crippen LogP contribution in [-0.2, 0) is 4.74 Å².